The largest absolute Gasteiger partial charge is 0.494 e. The predicted octanol–water partition coefficient (Wildman–Crippen LogP) is 3.12. The minimum atomic E-state index is -0.445. The number of benzene rings is 1. The molecule has 0 spiro atoms. The van der Waals surface area contributed by atoms with Gasteiger partial charge in [0.2, 0.25) is 0 Å². The Morgan fingerprint density at radius 1 is 1.25 bits per heavy atom. The summed E-state index contributed by atoms with van der Waals surface area (Å²) >= 11 is 0. The Balaban J connectivity index is 1.68. The molecule has 3 heteroatoms. The Morgan fingerprint density at radius 2 is 1.95 bits per heavy atom. The van der Waals surface area contributed by atoms with Gasteiger partial charge in [0.05, 0.1) is 12.2 Å². The lowest BCUT2D eigenvalue weighted by atomic mass is 9.80. The first-order valence-corrected chi connectivity index (χ1v) is 7.72. The van der Waals surface area contributed by atoms with Crippen LogP contribution in [0.25, 0.3) is 0 Å². The van der Waals surface area contributed by atoms with Gasteiger partial charge in [-0.1, -0.05) is 26.0 Å². The molecule has 20 heavy (non-hydrogen) atoms. The fourth-order valence-corrected chi connectivity index (χ4v) is 2.32. The Morgan fingerprint density at radius 3 is 2.50 bits per heavy atom. The molecule has 1 fully saturated rings. The number of aliphatic hydroxyl groups is 1. The summed E-state index contributed by atoms with van der Waals surface area (Å²) in [6.07, 6.45) is 4.10. The molecule has 0 atom stereocenters. The van der Waals surface area contributed by atoms with Crippen molar-refractivity contribution in [3.63, 3.8) is 0 Å². The van der Waals surface area contributed by atoms with E-state index in [2.05, 4.69) is 31.3 Å². The zero-order chi connectivity index (χ0) is 14.4. The van der Waals surface area contributed by atoms with Gasteiger partial charge in [-0.2, -0.15) is 0 Å². The predicted molar refractivity (Wildman–Crippen MR) is 81.9 cm³/mol. The van der Waals surface area contributed by atoms with Crippen molar-refractivity contribution in [2.75, 3.05) is 13.2 Å². The number of ether oxygens (including phenoxy) is 1. The maximum Gasteiger partial charge on any atom is 0.119 e. The van der Waals surface area contributed by atoms with Crippen LogP contribution in [0.15, 0.2) is 24.3 Å². The van der Waals surface area contributed by atoms with Gasteiger partial charge in [-0.05, 0) is 49.3 Å². The molecule has 3 nitrogen and oxygen atoms in total. The van der Waals surface area contributed by atoms with E-state index < -0.39 is 5.60 Å². The summed E-state index contributed by atoms with van der Waals surface area (Å²) in [5.41, 5.74) is 0.782. The summed E-state index contributed by atoms with van der Waals surface area (Å²) in [5, 5.41) is 13.3. The van der Waals surface area contributed by atoms with E-state index in [1.54, 1.807) is 0 Å². The minimum absolute atomic E-state index is 0.445. The molecule has 1 aromatic carbocycles. The average molecular weight is 277 g/mol. The SMILES string of the molecule is CC(C)CCOc1ccc(CNCC2(O)CCC2)cc1. The smallest absolute Gasteiger partial charge is 0.119 e. The molecule has 1 aromatic rings. The standard InChI is InChI=1S/C17H27NO2/c1-14(2)8-11-20-16-6-4-15(5-7-16)12-18-13-17(19)9-3-10-17/h4-7,14,18-19H,3,8-13H2,1-2H3. The van der Waals surface area contributed by atoms with Crippen molar-refractivity contribution in [1.82, 2.24) is 5.32 Å². The monoisotopic (exact) mass is 277 g/mol. The summed E-state index contributed by atoms with van der Waals surface area (Å²) in [4.78, 5) is 0. The molecule has 2 rings (SSSR count). The lowest BCUT2D eigenvalue weighted by Gasteiger charge is -2.36. The third-order valence-electron chi connectivity index (χ3n) is 3.95. The van der Waals surface area contributed by atoms with Gasteiger partial charge in [0.25, 0.3) is 0 Å². The van der Waals surface area contributed by atoms with Crippen LogP contribution in [0.2, 0.25) is 0 Å². The van der Waals surface area contributed by atoms with Crippen molar-refractivity contribution < 1.29 is 9.84 Å². The van der Waals surface area contributed by atoms with Crippen LogP contribution in [-0.4, -0.2) is 23.9 Å². The first-order chi connectivity index (χ1) is 9.57. The summed E-state index contributed by atoms with van der Waals surface area (Å²) in [7, 11) is 0. The molecule has 0 amide bonds. The third-order valence-corrected chi connectivity index (χ3v) is 3.95. The molecule has 1 aliphatic carbocycles. The number of rotatable bonds is 8. The molecule has 0 radical (unpaired) electrons. The Hall–Kier alpha value is -1.06. The van der Waals surface area contributed by atoms with Gasteiger partial charge in [-0.25, -0.2) is 0 Å². The van der Waals surface area contributed by atoms with Crippen LogP contribution in [0.3, 0.4) is 0 Å². The van der Waals surface area contributed by atoms with Gasteiger partial charge < -0.3 is 15.2 Å². The third kappa shape index (κ3) is 4.80. The van der Waals surface area contributed by atoms with Crippen molar-refractivity contribution in [2.24, 2.45) is 5.92 Å². The van der Waals surface area contributed by atoms with Crippen molar-refractivity contribution in [3.05, 3.63) is 29.8 Å². The van der Waals surface area contributed by atoms with Crippen LogP contribution >= 0.6 is 0 Å². The van der Waals surface area contributed by atoms with Gasteiger partial charge in [-0.15, -0.1) is 0 Å². The molecule has 1 saturated carbocycles. The summed E-state index contributed by atoms with van der Waals surface area (Å²) < 4.78 is 5.70. The topological polar surface area (TPSA) is 41.5 Å². The molecular weight excluding hydrogens is 250 g/mol. The fraction of sp³-hybridized carbons (Fsp3) is 0.647. The highest BCUT2D eigenvalue weighted by Gasteiger charge is 2.33. The summed E-state index contributed by atoms with van der Waals surface area (Å²) in [6.45, 7) is 6.68. The van der Waals surface area contributed by atoms with Crippen molar-refractivity contribution in [3.8, 4) is 5.75 Å². The fourth-order valence-electron chi connectivity index (χ4n) is 2.32. The van der Waals surface area contributed by atoms with Crippen LogP contribution < -0.4 is 10.1 Å². The molecule has 2 N–H and O–H groups in total. The zero-order valence-electron chi connectivity index (χ0n) is 12.7. The second-order valence-electron chi connectivity index (χ2n) is 6.36. The van der Waals surface area contributed by atoms with E-state index >= 15 is 0 Å². The zero-order valence-corrected chi connectivity index (χ0v) is 12.7. The van der Waals surface area contributed by atoms with Crippen LogP contribution in [-0.2, 0) is 6.54 Å². The van der Waals surface area contributed by atoms with Crippen molar-refractivity contribution >= 4 is 0 Å². The molecule has 0 saturated heterocycles. The van der Waals surface area contributed by atoms with Gasteiger partial charge in [0.1, 0.15) is 5.75 Å². The van der Waals surface area contributed by atoms with E-state index in [1.807, 2.05) is 12.1 Å². The van der Waals surface area contributed by atoms with Gasteiger partial charge >= 0.3 is 0 Å². The summed E-state index contributed by atoms with van der Waals surface area (Å²) in [5.74, 6) is 1.61. The molecule has 0 unspecified atom stereocenters. The Kier molecular flexibility index (Phi) is 5.44. The number of hydrogen-bond acceptors (Lipinski definition) is 3. The second-order valence-corrected chi connectivity index (χ2v) is 6.36. The van der Waals surface area contributed by atoms with Crippen molar-refractivity contribution in [1.29, 1.82) is 0 Å². The highest BCUT2D eigenvalue weighted by molar-refractivity contribution is 5.27. The summed E-state index contributed by atoms with van der Waals surface area (Å²) in [6, 6.07) is 8.22. The molecule has 0 bridgehead atoms. The van der Waals surface area contributed by atoms with Gasteiger partial charge in [0.15, 0.2) is 0 Å². The van der Waals surface area contributed by atoms with E-state index in [-0.39, 0.29) is 0 Å². The molecule has 0 aliphatic heterocycles. The average Bonchev–Trinajstić information content (AvgIpc) is 2.38. The molecule has 0 heterocycles. The molecule has 0 aromatic heterocycles. The van der Waals surface area contributed by atoms with Crippen LogP contribution in [0.5, 0.6) is 5.75 Å². The van der Waals surface area contributed by atoms with E-state index in [0.717, 1.165) is 44.6 Å². The quantitative estimate of drug-likeness (QED) is 0.767. The van der Waals surface area contributed by atoms with Gasteiger partial charge in [-0.3, -0.25) is 0 Å². The lowest BCUT2D eigenvalue weighted by Crippen LogP contribution is -2.45. The minimum Gasteiger partial charge on any atom is -0.494 e. The Bertz CT molecular complexity index is 396. The van der Waals surface area contributed by atoms with E-state index in [0.29, 0.717) is 12.5 Å². The highest BCUT2D eigenvalue weighted by Crippen LogP contribution is 2.30. The lowest BCUT2D eigenvalue weighted by molar-refractivity contribution is -0.0314. The van der Waals surface area contributed by atoms with Crippen molar-refractivity contribution in [2.45, 2.75) is 51.7 Å². The maximum atomic E-state index is 9.99. The van der Waals surface area contributed by atoms with Gasteiger partial charge in [0, 0.05) is 13.1 Å². The van der Waals surface area contributed by atoms with Crippen LogP contribution in [0, 0.1) is 5.92 Å². The van der Waals surface area contributed by atoms with E-state index in [1.165, 1.54) is 5.56 Å². The van der Waals surface area contributed by atoms with E-state index in [9.17, 15) is 5.11 Å². The highest BCUT2D eigenvalue weighted by atomic mass is 16.5. The first-order valence-electron chi connectivity index (χ1n) is 7.72. The Labute approximate surface area is 122 Å². The maximum absolute atomic E-state index is 9.99. The first kappa shape index (κ1) is 15.3. The number of hydrogen-bond donors (Lipinski definition) is 2. The normalized spacial score (nSPS) is 17.0. The molecule has 1 aliphatic rings. The van der Waals surface area contributed by atoms with Crippen LogP contribution in [0.1, 0.15) is 45.1 Å². The second kappa shape index (κ2) is 7.09. The van der Waals surface area contributed by atoms with Crippen LogP contribution in [0.4, 0.5) is 0 Å². The number of nitrogens with one attached hydrogen (secondary N) is 1. The molecule has 112 valence electrons. The van der Waals surface area contributed by atoms with E-state index in [4.69, 9.17) is 4.74 Å². The molecular formula is C17H27NO2.